The van der Waals surface area contributed by atoms with Gasteiger partial charge in [-0.2, -0.15) is 5.10 Å². The van der Waals surface area contributed by atoms with Gasteiger partial charge in [0.2, 0.25) is 0 Å². The SMILES string of the molecule is CCn1ncc(Br)c1C(=O)NCCCN1CCOCC1. The number of hydrogen-bond donors (Lipinski definition) is 1. The van der Waals surface area contributed by atoms with Gasteiger partial charge in [-0.25, -0.2) is 0 Å². The van der Waals surface area contributed by atoms with E-state index in [4.69, 9.17) is 4.74 Å². The Kier molecular flexibility index (Phi) is 6.00. The second-order valence-corrected chi connectivity index (χ2v) is 5.57. The van der Waals surface area contributed by atoms with Gasteiger partial charge in [-0.15, -0.1) is 0 Å². The Bertz CT molecular complexity index is 444. The number of nitrogens with one attached hydrogen (secondary N) is 1. The number of aryl methyl sites for hydroxylation is 1. The van der Waals surface area contributed by atoms with E-state index in [9.17, 15) is 4.79 Å². The molecule has 1 amide bonds. The summed E-state index contributed by atoms with van der Waals surface area (Å²) in [7, 11) is 0. The van der Waals surface area contributed by atoms with Crippen molar-refractivity contribution in [2.45, 2.75) is 19.9 Å². The number of carbonyl (C=O) groups excluding carboxylic acids is 1. The fourth-order valence-electron chi connectivity index (χ4n) is 2.24. The minimum Gasteiger partial charge on any atom is -0.379 e. The van der Waals surface area contributed by atoms with E-state index >= 15 is 0 Å². The number of rotatable bonds is 6. The van der Waals surface area contributed by atoms with Crippen LogP contribution in [0, 0.1) is 0 Å². The predicted octanol–water partition coefficient (Wildman–Crippen LogP) is 1.12. The van der Waals surface area contributed by atoms with Crippen LogP contribution < -0.4 is 5.32 Å². The van der Waals surface area contributed by atoms with Gasteiger partial charge in [0.05, 0.1) is 23.9 Å². The molecule has 0 bridgehead atoms. The van der Waals surface area contributed by atoms with Gasteiger partial charge in [0.1, 0.15) is 5.69 Å². The third-order valence-electron chi connectivity index (χ3n) is 3.35. The number of hydrogen-bond acceptors (Lipinski definition) is 4. The Morgan fingerprint density at radius 1 is 1.50 bits per heavy atom. The molecule has 1 aliphatic heterocycles. The zero-order valence-electron chi connectivity index (χ0n) is 11.8. The highest BCUT2D eigenvalue weighted by Crippen LogP contribution is 2.15. The maximum absolute atomic E-state index is 12.1. The van der Waals surface area contributed by atoms with Crippen LogP contribution >= 0.6 is 15.9 Å². The van der Waals surface area contributed by atoms with Gasteiger partial charge in [0.25, 0.3) is 5.91 Å². The lowest BCUT2D eigenvalue weighted by Gasteiger charge is -2.26. The number of amides is 1. The van der Waals surface area contributed by atoms with Crippen LogP contribution in [-0.4, -0.2) is 60.0 Å². The first-order chi connectivity index (χ1) is 9.72. The molecule has 2 rings (SSSR count). The first kappa shape index (κ1) is 15.5. The van der Waals surface area contributed by atoms with Crippen molar-refractivity contribution in [1.29, 1.82) is 0 Å². The molecular weight excluding hydrogens is 324 g/mol. The number of morpholine rings is 1. The third-order valence-corrected chi connectivity index (χ3v) is 3.93. The highest BCUT2D eigenvalue weighted by molar-refractivity contribution is 9.10. The van der Waals surface area contributed by atoms with Crippen molar-refractivity contribution < 1.29 is 9.53 Å². The second kappa shape index (κ2) is 7.75. The van der Waals surface area contributed by atoms with Crippen molar-refractivity contribution in [1.82, 2.24) is 20.0 Å². The van der Waals surface area contributed by atoms with Crippen LogP contribution in [0.1, 0.15) is 23.8 Å². The maximum atomic E-state index is 12.1. The van der Waals surface area contributed by atoms with Crippen molar-refractivity contribution in [3.63, 3.8) is 0 Å². The van der Waals surface area contributed by atoms with E-state index in [0.717, 1.165) is 43.7 Å². The Morgan fingerprint density at radius 2 is 2.25 bits per heavy atom. The van der Waals surface area contributed by atoms with E-state index in [1.54, 1.807) is 10.9 Å². The van der Waals surface area contributed by atoms with Gasteiger partial charge < -0.3 is 10.1 Å². The molecule has 0 aliphatic carbocycles. The number of carbonyl (C=O) groups is 1. The Hall–Kier alpha value is -0.920. The van der Waals surface area contributed by atoms with Gasteiger partial charge in [0, 0.05) is 26.2 Å². The lowest BCUT2D eigenvalue weighted by Crippen LogP contribution is -2.38. The second-order valence-electron chi connectivity index (χ2n) is 4.72. The van der Waals surface area contributed by atoms with Crippen LogP contribution in [0.3, 0.4) is 0 Å². The van der Waals surface area contributed by atoms with E-state index in [0.29, 0.717) is 18.8 Å². The van der Waals surface area contributed by atoms with Crippen LogP contribution in [0.25, 0.3) is 0 Å². The molecule has 0 spiro atoms. The normalized spacial score (nSPS) is 16.3. The summed E-state index contributed by atoms with van der Waals surface area (Å²) in [5.41, 5.74) is 0.596. The molecule has 112 valence electrons. The van der Waals surface area contributed by atoms with E-state index in [2.05, 4.69) is 31.2 Å². The monoisotopic (exact) mass is 344 g/mol. The van der Waals surface area contributed by atoms with Gasteiger partial charge in [-0.3, -0.25) is 14.4 Å². The molecule has 0 unspecified atom stereocenters. The molecule has 1 aromatic rings. The molecule has 1 aromatic heterocycles. The quantitative estimate of drug-likeness (QED) is 0.785. The zero-order valence-corrected chi connectivity index (χ0v) is 13.4. The van der Waals surface area contributed by atoms with Gasteiger partial charge >= 0.3 is 0 Å². The zero-order chi connectivity index (χ0) is 14.4. The number of aromatic nitrogens is 2. The average molecular weight is 345 g/mol. The van der Waals surface area contributed by atoms with Gasteiger partial charge in [-0.1, -0.05) is 0 Å². The largest absolute Gasteiger partial charge is 0.379 e. The van der Waals surface area contributed by atoms with Gasteiger partial charge in [0.15, 0.2) is 0 Å². The first-order valence-corrected chi connectivity index (χ1v) is 7.81. The summed E-state index contributed by atoms with van der Waals surface area (Å²) in [5.74, 6) is -0.0711. The number of halogens is 1. The topological polar surface area (TPSA) is 59.4 Å². The van der Waals surface area contributed by atoms with E-state index in [1.165, 1.54) is 0 Å². The average Bonchev–Trinajstić information content (AvgIpc) is 2.85. The van der Waals surface area contributed by atoms with E-state index in [1.807, 2.05) is 6.92 Å². The Labute approximate surface area is 127 Å². The molecule has 2 heterocycles. The van der Waals surface area contributed by atoms with Crippen molar-refractivity contribution in [3.05, 3.63) is 16.4 Å². The molecule has 7 heteroatoms. The molecule has 1 N–H and O–H groups in total. The standard InChI is InChI=1S/C13H21BrN4O2/c1-2-18-12(11(14)10-16-18)13(19)15-4-3-5-17-6-8-20-9-7-17/h10H,2-9H2,1H3,(H,15,19). The third kappa shape index (κ3) is 4.04. The van der Waals surface area contributed by atoms with Crippen molar-refractivity contribution in [3.8, 4) is 0 Å². The summed E-state index contributed by atoms with van der Waals surface area (Å²) < 4.78 is 7.74. The number of ether oxygens (including phenoxy) is 1. The Morgan fingerprint density at radius 3 is 2.95 bits per heavy atom. The lowest BCUT2D eigenvalue weighted by atomic mass is 10.3. The highest BCUT2D eigenvalue weighted by atomic mass is 79.9. The van der Waals surface area contributed by atoms with Crippen LogP contribution in [0.5, 0.6) is 0 Å². The highest BCUT2D eigenvalue weighted by Gasteiger charge is 2.16. The van der Waals surface area contributed by atoms with Crippen molar-refractivity contribution >= 4 is 21.8 Å². The molecule has 6 nitrogen and oxygen atoms in total. The van der Waals surface area contributed by atoms with E-state index in [-0.39, 0.29) is 5.91 Å². The van der Waals surface area contributed by atoms with Crippen molar-refractivity contribution in [2.24, 2.45) is 0 Å². The first-order valence-electron chi connectivity index (χ1n) is 7.02. The van der Waals surface area contributed by atoms with Crippen LogP contribution in [0.2, 0.25) is 0 Å². The molecule has 1 fully saturated rings. The maximum Gasteiger partial charge on any atom is 0.270 e. The molecule has 1 aliphatic rings. The summed E-state index contributed by atoms with van der Waals surface area (Å²) in [6.07, 6.45) is 2.61. The van der Waals surface area contributed by atoms with Gasteiger partial charge in [-0.05, 0) is 35.8 Å². The molecule has 20 heavy (non-hydrogen) atoms. The molecule has 0 atom stereocenters. The fraction of sp³-hybridized carbons (Fsp3) is 0.692. The summed E-state index contributed by atoms with van der Waals surface area (Å²) in [6.45, 7) is 7.93. The molecular formula is C13H21BrN4O2. The smallest absolute Gasteiger partial charge is 0.270 e. The molecule has 1 saturated heterocycles. The summed E-state index contributed by atoms with van der Waals surface area (Å²) >= 11 is 3.36. The minimum atomic E-state index is -0.0711. The lowest BCUT2D eigenvalue weighted by molar-refractivity contribution is 0.0374. The van der Waals surface area contributed by atoms with Crippen LogP contribution in [-0.2, 0) is 11.3 Å². The molecule has 0 aromatic carbocycles. The molecule has 0 saturated carbocycles. The number of nitrogens with zero attached hydrogens (tertiary/aromatic N) is 3. The molecule has 0 radical (unpaired) electrons. The van der Waals surface area contributed by atoms with E-state index < -0.39 is 0 Å². The summed E-state index contributed by atoms with van der Waals surface area (Å²) in [4.78, 5) is 14.5. The Balaban J connectivity index is 1.73. The summed E-state index contributed by atoms with van der Waals surface area (Å²) in [6, 6.07) is 0. The summed E-state index contributed by atoms with van der Waals surface area (Å²) in [5, 5.41) is 7.10. The van der Waals surface area contributed by atoms with Crippen molar-refractivity contribution in [2.75, 3.05) is 39.4 Å². The van der Waals surface area contributed by atoms with Crippen LogP contribution in [0.4, 0.5) is 0 Å². The minimum absolute atomic E-state index is 0.0711. The predicted molar refractivity (Wildman–Crippen MR) is 79.8 cm³/mol. The van der Waals surface area contributed by atoms with Crippen LogP contribution in [0.15, 0.2) is 10.7 Å². The fourth-order valence-corrected chi connectivity index (χ4v) is 2.72.